The molecule has 2 aliphatic rings. The zero-order chi connectivity index (χ0) is 23.1. The number of aromatic nitrogens is 7. The molecule has 0 unspecified atom stereocenters. The van der Waals surface area contributed by atoms with Crippen molar-refractivity contribution in [3.8, 4) is 11.5 Å². The van der Waals surface area contributed by atoms with Gasteiger partial charge in [-0.2, -0.15) is 15.4 Å². The molecule has 1 aromatic carbocycles. The van der Waals surface area contributed by atoms with E-state index < -0.39 is 5.60 Å². The molecule has 0 saturated carbocycles. The van der Waals surface area contributed by atoms with E-state index in [9.17, 15) is 0 Å². The molecule has 0 amide bonds. The summed E-state index contributed by atoms with van der Waals surface area (Å²) in [5.74, 6) is 0.567. The number of aromatic amines is 1. The summed E-state index contributed by atoms with van der Waals surface area (Å²) in [6.45, 7) is 1.35. The van der Waals surface area contributed by atoms with E-state index in [1.54, 1.807) is 19.5 Å². The first-order chi connectivity index (χ1) is 16.6. The second-order valence-electron chi connectivity index (χ2n) is 8.47. The Morgan fingerprint density at radius 1 is 1.15 bits per heavy atom. The predicted octanol–water partition coefficient (Wildman–Crippen LogP) is 2.47. The summed E-state index contributed by atoms with van der Waals surface area (Å²) >= 11 is 0. The second-order valence-corrected chi connectivity index (χ2v) is 8.47. The molecule has 0 bridgehead atoms. The number of nitrogens with zero attached hydrogens (tertiary/aromatic N) is 7. The van der Waals surface area contributed by atoms with Gasteiger partial charge >= 0.3 is 6.01 Å². The average Bonchev–Trinajstić information content (AvgIpc) is 3.65. The number of fused-ring (bicyclic) bond motifs is 1. The van der Waals surface area contributed by atoms with Crippen LogP contribution in [0.2, 0.25) is 0 Å². The van der Waals surface area contributed by atoms with Gasteiger partial charge in [-0.15, -0.1) is 5.10 Å². The van der Waals surface area contributed by atoms with E-state index in [0.29, 0.717) is 36.3 Å². The van der Waals surface area contributed by atoms with Gasteiger partial charge in [0.15, 0.2) is 0 Å². The molecule has 1 aliphatic heterocycles. The van der Waals surface area contributed by atoms with Gasteiger partial charge in [-0.1, -0.05) is 29.4 Å². The molecule has 6 rings (SSSR count). The number of anilines is 2. The van der Waals surface area contributed by atoms with Crippen LogP contribution in [0.15, 0.2) is 41.1 Å². The molecule has 0 radical (unpaired) electrons. The lowest BCUT2D eigenvalue weighted by Crippen LogP contribution is -2.44. The van der Waals surface area contributed by atoms with E-state index in [-0.39, 0.29) is 5.95 Å². The third-order valence-corrected chi connectivity index (χ3v) is 6.64. The van der Waals surface area contributed by atoms with E-state index in [1.807, 2.05) is 12.1 Å². The molecule has 1 aliphatic carbocycles. The van der Waals surface area contributed by atoms with E-state index in [1.165, 1.54) is 11.1 Å². The summed E-state index contributed by atoms with van der Waals surface area (Å²) in [5, 5.41) is 19.5. The number of hydrogen-bond donors (Lipinski definition) is 2. The zero-order valence-electron chi connectivity index (χ0n) is 18.6. The van der Waals surface area contributed by atoms with Gasteiger partial charge < -0.3 is 19.8 Å². The Balaban J connectivity index is 1.26. The molecular weight excluding hydrogens is 434 g/mol. The Morgan fingerprint density at radius 3 is 2.76 bits per heavy atom. The van der Waals surface area contributed by atoms with Gasteiger partial charge in [0.2, 0.25) is 5.95 Å². The van der Waals surface area contributed by atoms with Crippen LogP contribution in [0.25, 0.3) is 23.1 Å². The highest BCUT2D eigenvalue weighted by Crippen LogP contribution is 2.38. The molecule has 1 fully saturated rings. The molecule has 3 N–H and O–H groups in total. The fraction of sp³-hybridized carbons (Fsp3) is 0.304. The highest BCUT2D eigenvalue weighted by atomic mass is 16.5. The zero-order valence-corrected chi connectivity index (χ0v) is 18.6. The Bertz CT molecular complexity index is 1350. The molecule has 3 aromatic heterocycles. The molecule has 11 nitrogen and oxygen atoms in total. The van der Waals surface area contributed by atoms with E-state index in [0.717, 1.165) is 30.5 Å². The summed E-state index contributed by atoms with van der Waals surface area (Å²) in [6, 6.07) is 8.72. The third kappa shape index (κ3) is 3.41. The van der Waals surface area contributed by atoms with Crippen molar-refractivity contribution in [1.82, 2.24) is 35.6 Å². The lowest BCUT2D eigenvalue weighted by Gasteiger charge is -2.38. The molecule has 4 heterocycles. The van der Waals surface area contributed by atoms with Crippen LogP contribution >= 0.6 is 0 Å². The quantitative estimate of drug-likeness (QED) is 0.458. The third-order valence-electron chi connectivity index (χ3n) is 6.64. The lowest BCUT2D eigenvalue weighted by molar-refractivity contribution is -0.0386. The van der Waals surface area contributed by atoms with Crippen molar-refractivity contribution in [2.75, 3.05) is 30.8 Å². The van der Waals surface area contributed by atoms with E-state index in [4.69, 9.17) is 14.9 Å². The van der Waals surface area contributed by atoms with Gasteiger partial charge in [0, 0.05) is 32.8 Å². The van der Waals surface area contributed by atoms with Crippen molar-refractivity contribution in [2.45, 2.75) is 24.9 Å². The van der Waals surface area contributed by atoms with Crippen molar-refractivity contribution in [3.63, 3.8) is 0 Å². The minimum Gasteiger partial charge on any atom is -0.403 e. The Kier molecular flexibility index (Phi) is 4.84. The van der Waals surface area contributed by atoms with Crippen LogP contribution in [0, 0.1) is 0 Å². The number of piperidine rings is 1. The lowest BCUT2D eigenvalue weighted by atomic mass is 9.88. The van der Waals surface area contributed by atoms with Crippen molar-refractivity contribution < 1.29 is 9.15 Å². The largest absolute Gasteiger partial charge is 0.403 e. The number of benzene rings is 1. The summed E-state index contributed by atoms with van der Waals surface area (Å²) in [5.41, 5.74) is 11.1. The second kappa shape index (κ2) is 8.03. The molecule has 0 atom stereocenters. The minimum atomic E-state index is -0.478. The molecule has 34 heavy (non-hydrogen) atoms. The summed E-state index contributed by atoms with van der Waals surface area (Å²) in [7, 11) is 1.70. The van der Waals surface area contributed by atoms with Crippen molar-refractivity contribution in [3.05, 3.63) is 59.2 Å². The number of rotatable bonds is 5. The maximum atomic E-state index is 6.10. The average molecular weight is 457 g/mol. The maximum Gasteiger partial charge on any atom is 0.318 e. The topological polar surface area (TPSA) is 145 Å². The SMILES string of the molecule is COC1(c2cn[nH]n2)CCN(c2nnc(-c3cnc(N)nc3C3=Cc4ccccc4C3)o2)CC1. The smallest absolute Gasteiger partial charge is 0.318 e. The van der Waals surface area contributed by atoms with Gasteiger partial charge in [-0.3, -0.25) is 0 Å². The van der Waals surface area contributed by atoms with Crippen LogP contribution in [0.4, 0.5) is 12.0 Å². The number of nitrogens with one attached hydrogen (secondary N) is 1. The number of ether oxygens (including phenoxy) is 1. The van der Waals surface area contributed by atoms with Gasteiger partial charge in [-0.05, 0) is 35.6 Å². The normalized spacial score (nSPS) is 17.0. The van der Waals surface area contributed by atoms with Gasteiger partial charge in [0.05, 0.1) is 17.5 Å². The minimum absolute atomic E-state index is 0.204. The number of nitrogens with two attached hydrogens (primary N) is 1. The van der Waals surface area contributed by atoms with Crippen LogP contribution in [-0.4, -0.2) is 55.8 Å². The fourth-order valence-electron chi connectivity index (χ4n) is 4.73. The Morgan fingerprint density at radius 2 is 2.00 bits per heavy atom. The van der Waals surface area contributed by atoms with Gasteiger partial charge in [0.25, 0.3) is 5.89 Å². The highest BCUT2D eigenvalue weighted by Gasteiger charge is 2.39. The molecule has 0 spiro atoms. The number of methoxy groups -OCH3 is 1. The highest BCUT2D eigenvalue weighted by molar-refractivity contribution is 5.91. The van der Waals surface area contributed by atoms with Crippen LogP contribution in [-0.2, 0) is 16.8 Å². The first kappa shape index (κ1) is 20.5. The molecule has 1 saturated heterocycles. The number of hydrogen-bond acceptors (Lipinski definition) is 10. The number of H-pyrrole nitrogens is 1. The van der Waals surface area contributed by atoms with E-state index in [2.05, 4.69) is 58.7 Å². The first-order valence-corrected chi connectivity index (χ1v) is 11.1. The van der Waals surface area contributed by atoms with Gasteiger partial charge in [-0.25, -0.2) is 9.97 Å². The van der Waals surface area contributed by atoms with Crippen LogP contribution < -0.4 is 10.6 Å². The Hall–Kier alpha value is -4.12. The van der Waals surface area contributed by atoms with Crippen molar-refractivity contribution in [1.29, 1.82) is 0 Å². The van der Waals surface area contributed by atoms with Crippen molar-refractivity contribution >= 4 is 23.6 Å². The first-order valence-electron chi connectivity index (χ1n) is 11.1. The van der Waals surface area contributed by atoms with E-state index >= 15 is 0 Å². The van der Waals surface area contributed by atoms with Gasteiger partial charge in [0.1, 0.15) is 11.3 Å². The fourth-order valence-corrected chi connectivity index (χ4v) is 4.73. The standard InChI is InChI=1S/C23H23N9O2/c1-33-23(18-13-26-31-28-18)6-8-32(9-7-23)22-30-29-20(34-22)17-12-25-21(24)27-19(17)16-10-14-4-2-3-5-15(14)11-16/h2-5,10,12-13H,6-9,11H2,1H3,(H2,24,25,27)(H,26,28,31). The monoisotopic (exact) mass is 457 g/mol. The molecule has 11 heteroatoms. The Labute approximate surface area is 195 Å². The van der Waals surface area contributed by atoms with Crippen LogP contribution in [0.5, 0.6) is 0 Å². The van der Waals surface area contributed by atoms with Crippen LogP contribution in [0.1, 0.15) is 35.4 Å². The summed E-state index contributed by atoms with van der Waals surface area (Å²) in [6.07, 6.45) is 7.67. The molecule has 172 valence electrons. The number of nitrogen functional groups attached to an aromatic ring is 1. The number of allylic oxidation sites excluding steroid dienone is 1. The summed E-state index contributed by atoms with van der Waals surface area (Å²) in [4.78, 5) is 10.8. The summed E-state index contributed by atoms with van der Waals surface area (Å²) < 4.78 is 11.9. The van der Waals surface area contributed by atoms with Crippen LogP contribution in [0.3, 0.4) is 0 Å². The predicted molar refractivity (Wildman–Crippen MR) is 124 cm³/mol. The van der Waals surface area contributed by atoms with Crippen molar-refractivity contribution in [2.24, 2.45) is 0 Å². The maximum absolute atomic E-state index is 6.10. The molecule has 4 aromatic rings. The molecular formula is C23H23N9O2.